The van der Waals surface area contributed by atoms with Gasteiger partial charge in [-0.2, -0.15) is 4.98 Å². The van der Waals surface area contributed by atoms with Crippen LogP contribution < -0.4 is 10.6 Å². The van der Waals surface area contributed by atoms with Crippen LogP contribution in [0.25, 0.3) is 28.0 Å². The van der Waals surface area contributed by atoms with E-state index in [4.69, 9.17) is 38.9 Å². The molecule has 0 bridgehead atoms. The van der Waals surface area contributed by atoms with Crippen LogP contribution in [0.2, 0.25) is 10.0 Å². The molecule has 5 aromatic rings. The average Bonchev–Trinajstić information content (AvgIpc) is 3.21. The molecule has 0 saturated heterocycles. The molecule has 3 heterocycles. The molecule has 6 nitrogen and oxygen atoms in total. The van der Waals surface area contributed by atoms with Gasteiger partial charge in [0.25, 0.3) is 0 Å². The molecule has 0 unspecified atom stereocenters. The molecule has 2 aromatic heterocycles. The van der Waals surface area contributed by atoms with Crippen molar-refractivity contribution in [1.29, 1.82) is 0 Å². The quantitative estimate of drug-likeness (QED) is 0.322. The SMILES string of the molecule is Nc1c2c(-c3ccccc3F)nc(N3CCc4ccccc4C3)nc2nn1-c1ccc(Cl)c(Cl)c1. The summed E-state index contributed by atoms with van der Waals surface area (Å²) in [6.07, 6.45) is 0.868. The van der Waals surface area contributed by atoms with Crippen LogP contribution in [0.5, 0.6) is 0 Å². The van der Waals surface area contributed by atoms with Crippen LogP contribution in [0.1, 0.15) is 11.1 Å². The molecule has 0 atom stereocenters. The fraction of sp³-hybridized carbons (Fsp3) is 0.115. The second-order valence-electron chi connectivity index (χ2n) is 8.39. The first-order valence-corrected chi connectivity index (χ1v) is 11.8. The molecule has 0 saturated carbocycles. The normalized spacial score (nSPS) is 13.3. The van der Waals surface area contributed by atoms with Gasteiger partial charge in [-0.1, -0.05) is 59.6 Å². The van der Waals surface area contributed by atoms with Crippen molar-refractivity contribution in [3.8, 4) is 16.9 Å². The van der Waals surface area contributed by atoms with Gasteiger partial charge in [0.05, 0.1) is 26.8 Å². The molecule has 0 radical (unpaired) electrons. The molecule has 0 fully saturated rings. The van der Waals surface area contributed by atoms with Crippen molar-refractivity contribution in [2.45, 2.75) is 13.0 Å². The highest BCUT2D eigenvalue weighted by atomic mass is 35.5. The molecular weight excluding hydrogens is 486 g/mol. The lowest BCUT2D eigenvalue weighted by Gasteiger charge is -2.29. The van der Waals surface area contributed by atoms with Crippen LogP contribution in [0.15, 0.2) is 66.7 Å². The van der Waals surface area contributed by atoms with Gasteiger partial charge in [-0.15, -0.1) is 5.10 Å². The van der Waals surface area contributed by atoms with E-state index in [1.807, 2.05) is 12.1 Å². The van der Waals surface area contributed by atoms with Crippen molar-refractivity contribution in [2.24, 2.45) is 0 Å². The molecule has 3 aromatic carbocycles. The van der Waals surface area contributed by atoms with Gasteiger partial charge < -0.3 is 10.6 Å². The van der Waals surface area contributed by atoms with Crippen molar-refractivity contribution in [1.82, 2.24) is 19.7 Å². The standard InChI is InChI=1S/C26H19Cl2FN6/c27-19-10-9-17(13-20(19)28)35-24(30)22-23(18-7-3-4-8-21(18)29)31-26(32-25(22)33-35)34-12-11-15-5-1-2-6-16(15)14-34/h1-10,13H,11-12,14,30H2. The zero-order valence-corrected chi connectivity index (χ0v) is 19.9. The van der Waals surface area contributed by atoms with Gasteiger partial charge in [0.1, 0.15) is 11.6 Å². The first kappa shape index (κ1) is 21.8. The number of fused-ring (bicyclic) bond motifs is 2. The number of hydrogen-bond acceptors (Lipinski definition) is 5. The van der Waals surface area contributed by atoms with E-state index in [0.29, 0.717) is 50.5 Å². The summed E-state index contributed by atoms with van der Waals surface area (Å²) in [6.45, 7) is 1.39. The highest BCUT2D eigenvalue weighted by molar-refractivity contribution is 6.42. The van der Waals surface area contributed by atoms with Gasteiger partial charge in [-0.3, -0.25) is 0 Å². The fourth-order valence-electron chi connectivity index (χ4n) is 4.47. The second-order valence-corrected chi connectivity index (χ2v) is 9.20. The van der Waals surface area contributed by atoms with Crippen molar-refractivity contribution < 1.29 is 4.39 Å². The summed E-state index contributed by atoms with van der Waals surface area (Å²) >= 11 is 12.3. The molecular formula is C26H19Cl2FN6. The average molecular weight is 505 g/mol. The zero-order chi connectivity index (χ0) is 24.1. The number of anilines is 2. The van der Waals surface area contributed by atoms with Gasteiger partial charge in [-0.05, 0) is 47.9 Å². The lowest BCUT2D eigenvalue weighted by atomic mass is 10.0. The molecule has 174 valence electrons. The van der Waals surface area contributed by atoms with Crippen molar-refractivity contribution in [3.05, 3.63) is 93.7 Å². The Morgan fingerprint density at radius 3 is 2.46 bits per heavy atom. The molecule has 1 aliphatic heterocycles. The van der Waals surface area contributed by atoms with Crippen molar-refractivity contribution in [3.63, 3.8) is 0 Å². The summed E-state index contributed by atoms with van der Waals surface area (Å²) in [4.78, 5) is 11.7. The third kappa shape index (κ3) is 3.77. The Kier molecular flexibility index (Phi) is 5.31. The van der Waals surface area contributed by atoms with Crippen LogP contribution in [-0.2, 0) is 13.0 Å². The van der Waals surface area contributed by atoms with Gasteiger partial charge in [0.15, 0.2) is 5.65 Å². The Hall–Kier alpha value is -3.68. The van der Waals surface area contributed by atoms with E-state index in [9.17, 15) is 4.39 Å². The van der Waals surface area contributed by atoms with E-state index in [-0.39, 0.29) is 5.82 Å². The van der Waals surface area contributed by atoms with E-state index in [2.05, 4.69) is 22.1 Å². The Balaban J connectivity index is 1.56. The molecule has 35 heavy (non-hydrogen) atoms. The van der Waals surface area contributed by atoms with E-state index in [1.165, 1.54) is 21.9 Å². The number of hydrogen-bond donors (Lipinski definition) is 1. The Morgan fingerprint density at radius 2 is 1.66 bits per heavy atom. The van der Waals surface area contributed by atoms with E-state index < -0.39 is 5.82 Å². The van der Waals surface area contributed by atoms with Crippen LogP contribution >= 0.6 is 23.2 Å². The third-order valence-corrected chi connectivity index (χ3v) is 6.99. The third-order valence-electron chi connectivity index (χ3n) is 6.25. The monoisotopic (exact) mass is 504 g/mol. The summed E-state index contributed by atoms with van der Waals surface area (Å²) in [5.74, 6) is 0.361. The Morgan fingerprint density at radius 1 is 0.886 bits per heavy atom. The first-order valence-electron chi connectivity index (χ1n) is 11.1. The molecule has 1 aliphatic rings. The smallest absolute Gasteiger partial charge is 0.228 e. The van der Waals surface area contributed by atoms with E-state index in [1.54, 1.807) is 36.4 Å². The first-order chi connectivity index (χ1) is 17.0. The second kappa shape index (κ2) is 8.52. The zero-order valence-electron chi connectivity index (χ0n) is 18.4. The molecule has 0 aliphatic carbocycles. The predicted molar refractivity (Wildman–Crippen MR) is 138 cm³/mol. The Bertz CT molecular complexity index is 1600. The number of benzene rings is 3. The molecule has 2 N–H and O–H groups in total. The maximum absolute atomic E-state index is 15.0. The van der Waals surface area contributed by atoms with Crippen molar-refractivity contribution in [2.75, 3.05) is 17.2 Å². The highest BCUT2D eigenvalue weighted by Crippen LogP contribution is 2.36. The van der Waals surface area contributed by atoms with E-state index in [0.717, 1.165) is 13.0 Å². The summed E-state index contributed by atoms with van der Waals surface area (Å²) in [5, 5.41) is 5.93. The van der Waals surface area contributed by atoms with Gasteiger partial charge >= 0.3 is 0 Å². The van der Waals surface area contributed by atoms with Gasteiger partial charge in [0, 0.05) is 18.7 Å². The number of nitrogen functional groups attached to an aromatic ring is 1. The van der Waals surface area contributed by atoms with E-state index >= 15 is 0 Å². The Labute approximate surface area is 210 Å². The summed E-state index contributed by atoms with van der Waals surface area (Å²) in [7, 11) is 0. The van der Waals surface area contributed by atoms with Crippen molar-refractivity contribution >= 4 is 46.0 Å². The van der Waals surface area contributed by atoms with Crippen LogP contribution in [-0.4, -0.2) is 26.3 Å². The molecule has 0 amide bonds. The van der Waals surface area contributed by atoms with Gasteiger partial charge in [-0.25, -0.2) is 14.1 Å². The number of nitrogens with two attached hydrogens (primary N) is 1. The van der Waals surface area contributed by atoms with Crippen LogP contribution in [0, 0.1) is 5.82 Å². The molecule has 6 rings (SSSR count). The maximum Gasteiger partial charge on any atom is 0.228 e. The minimum absolute atomic E-state index is 0.284. The largest absolute Gasteiger partial charge is 0.383 e. The number of nitrogens with zero attached hydrogens (tertiary/aromatic N) is 5. The highest BCUT2D eigenvalue weighted by Gasteiger charge is 2.25. The minimum Gasteiger partial charge on any atom is -0.383 e. The maximum atomic E-state index is 15.0. The van der Waals surface area contributed by atoms with Crippen LogP contribution in [0.4, 0.5) is 16.2 Å². The lowest BCUT2D eigenvalue weighted by Crippen LogP contribution is -2.31. The summed E-state index contributed by atoms with van der Waals surface area (Å²) in [5.41, 5.74) is 10.8. The summed E-state index contributed by atoms with van der Waals surface area (Å²) in [6, 6.07) is 19.9. The number of halogens is 3. The predicted octanol–water partition coefficient (Wildman–Crippen LogP) is 6.07. The molecule has 9 heteroatoms. The number of aromatic nitrogens is 4. The molecule has 0 spiro atoms. The summed E-state index contributed by atoms with van der Waals surface area (Å²) < 4.78 is 16.5. The topological polar surface area (TPSA) is 72.9 Å². The number of rotatable bonds is 3. The minimum atomic E-state index is -0.399. The van der Waals surface area contributed by atoms with Crippen LogP contribution in [0.3, 0.4) is 0 Å². The fourth-order valence-corrected chi connectivity index (χ4v) is 4.76. The lowest BCUT2D eigenvalue weighted by molar-refractivity contribution is 0.630. The van der Waals surface area contributed by atoms with Gasteiger partial charge in [0.2, 0.25) is 5.95 Å².